The summed E-state index contributed by atoms with van der Waals surface area (Å²) in [6.45, 7) is 2.00. The average Bonchev–Trinajstić information content (AvgIpc) is 3.42. The van der Waals surface area contributed by atoms with Gasteiger partial charge in [-0.1, -0.05) is 41.7 Å². The van der Waals surface area contributed by atoms with Crippen LogP contribution in [0.2, 0.25) is 0 Å². The van der Waals surface area contributed by atoms with Crippen molar-refractivity contribution >= 4 is 49.5 Å². The highest BCUT2D eigenvalue weighted by Crippen LogP contribution is 2.43. The molecule has 0 radical (unpaired) electrons. The number of hydrogen-bond donors (Lipinski definition) is 0. The highest BCUT2D eigenvalue weighted by Gasteiger charge is 2.45. The minimum atomic E-state index is -0.758. The molecule has 1 amide bonds. The van der Waals surface area contributed by atoms with Crippen LogP contribution in [0, 0.1) is 6.92 Å². The van der Waals surface area contributed by atoms with Gasteiger partial charge < -0.3 is 9.15 Å². The molecule has 1 atom stereocenters. The lowest BCUT2D eigenvalue weighted by molar-refractivity contribution is 0.0600. The number of anilines is 1. The summed E-state index contributed by atoms with van der Waals surface area (Å²) in [7, 11) is 1.31. The van der Waals surface area contributed by atoms with Crippen LogP contribution in [0.25, 0.3) is 21.2 Å². The van der Waals surface area contributed by atoms with E-state index in [9.17, 15) is 14.4 Å². The number of aryl methyl sites for hydroxylation is 1. The molecule has 1 aliphatic rings. The van der Waals surface area contributed by atoms with Gasteiger partial charge in [0.2, 0.25) is 5.76 Å². The third-order valence-corrected chi connectivity index (χ3v) is 7.18. The number of ether oxygens (including phenoxy) is 1. The van der Waals surface area contributed by atoms with E-state index in [0.717, 1.165) is 15.8 Å². The molecule has 0 saturated carbocycles. The van der Waals surface area contributed by atoms with Crippen molar-refractivity contribution in [1.82, 2.24) is 4.98 Å². The van der Waals surface area contributed by atoms with Crippen molar-refractivity contribution in [2.75, 3.05) is 12.0 Å². The summed E-state index contributed by atoms with van der Waals surface area (Å²) in [6.07, 6.45) is 0. The molecule has 8 heteroatoms. The minimum absolute atomic E-state index is 0.00572. The molecule has 172 valence electrons. The van der Waals surface area contributed by atoms with E-state index in [-0.39, 0.29) is 16.8 Å². The molecule has 0 spiro atoms. The maximum absolute atomic E-state index is 13.7. The zero-order chi connectivity index (χ0) is 24.3. The molecule has 7 nitrogen and oxygen atoms in total. The van der Waals surface area contributed by atoms with Crippen molar-refractivity contribution in [3.63, 3.8) is 0 Å². The lowest BCUT2D eigenvalue weighted by Crippen LogP contribution is -2.29. The van der Waals surface area contributed by atoms with Crippen LogP contribution in [-0.2, 0) is 4.74 Å². The second kappa shape index (κ2) is 7.89. The molecule has 0 aliphatic carbocycles. The first kappa shape index (κ1) is 21.2. The number of benzene rings is 3. The van der Waals surface area contributed by atoms with Crippen LogP contribution in [0.15, 0.2) is 75.9 Å². The Balaban J connectivity index is 1.59. The summed E-state index contributed by atoms with van der Waals surface area (Å²) in [5.41, 5.74) is 3.22. The number of para-hydroxylation sites is 1. The molecule has 5 aromatic rings. The number of rotatable bonds is 3. The van der Waals surface area contributed by atoms with Crippen LogP contribution >= 0.6 is 11.3 Å². The second-order valence-electron chi connectivity index (χ2n) is 8.33. The first-order valence-corrected chi connectivity index (χ1v) is 11.7. The topological polar surface area (TPSA) is 89.7 Å². The van der Waals surface area contributed by atoms with E-state index in [1.54, 1.807) is 48.5 Å². The number of fused-ring (bicyclic) bond motifs is 3. The summed E-state index contributed by atoms with van der Waals surface area (Å²) in [6, 6.07) is 18.7. The summed E-state index contributed by atoms with van der Waals surface area (Å²) < 4.78 is 11.7. The number of carbonyl (C=O) groups is 2. The van der Waals surface area contributed by atoms with Gasteiger partial charge in [0.1, 0.15) is 5.58 Å². The lowest BCUT2D eigenvalue weighted by atomic mass is 9.98. The predicted octanol–water partition coefficient (Wildman–Crippen LogP) is 5.25. The molecule has 2 aromatic heterocycles. The third kappa shape index (κ3) is 3.25. The van der Waals surface area contributed by atoms with E-state index in [4.69, 9.17) is 14.1 Å². The fourth-order valence-corrected chi connectivity index (χ4v) is 5.56. The molecule has 0 N–H and O–H groups in total. The maximum Gasteiger partial charge on any atom is 0.337 e. The van der Waals surface area contributed by atoms with Crippen molar-refractivity contribution in [2.45, 2.75) is 13.0 Å². The van der Waals surface area contributed by atoms with Gasteiger partial charge in [-0.25, -0.2) is 9.78 Å². The zero-order valence-electron chi connectivity index (χ0n) is 18.8. The van der Waals surface area contributed by atoms with Crippen LogP contribution in [0.4, 0.5) is 5.13 Å². The SMILES string of the molecule is COC(=O)c1ccc([C@H]2c3c(oc4ccccc4c3=O)C(=O)N2c2nc3ccc(C)cc3s2)cc1. The number of carbonyl (C=O) groups excluding carboxylic acids is 2. The second-order valence-corrected chi connectivity index (χ2v) is 9.34. The number of amides is 1. The Kier molecular flexibility index (Phi) is 4.79. The molecular formula is C27H18N2O5S. The number of aromatic nitrogens is 1. The number of nitrogens with zero attached hydrogens (tertiary/aromatic N) is 2. The molecular weight excluding hydrogens is 464 g/mol. The fraction of sp³-hybridized carbons (Fsp3) is 0.111. The average molecular weight is 483 g/mol. The van der Waals surface area contributed by atoms with Gasteiger partial charge in [0, 0.05) is 0 Å². The normalized spacial score (nSPS) is 15.1. The largest absolute Gasteiger partial charge is 0.465 e. The van der Waals surface area contributed by atoms with Crippen molar-refractivity contribution < 1.29 is 18.7 Å². The molecule has 0 fully saturated rings. The van der Waals surface area contributed by atoms with E-state index < -0.39 is 17.9 Å². The number of esters is 1. The minimum Gasteiger partial charge on any atom is -0.465 e. The van der Waals surface area contributed by atoms with E-state index in [1.807, 2.05) is 25.1 Å². The smallest absolute Gasteiger partial charge is 0.337 e. The number of thiazole rings is 1. The quantitative estimate of drug-likeness (QED) is 0.327. The van der Waals surface area contributed by atoms with Gasteiger partial charge in [-0.05, 0) is 54.4 Å². The Bertz CT molecular complexity index is 1720. The summed E-state index contributed by atoms with van der Waals surface area (Å²) in [5, 5.41) is 0.865. The van der Waals surface area contributed by atoms with E-state index in [1.165, 1.54) is 23.3 Å². The van der Waals surface area contributed by atoms with Crippen molar-refractivity contribution in [2.24, 2.45) is 0 Å². The molecule has 3 aromatic carbocycles. The molecule has 0 unspecified atom stereocenters. The number of hydrogen-bond acceptors (Lipinski definition) is 7. The maximum atomic E-state index is 13.7. The molecule has 3 heterocycles. The first-order chi connectivity index (χ1) is 17.0. The van der Waals surface area contributed by atoms with Gasteiger partial charge in [-0.2, -0.15) is 0 Å². The van der Waals surface area contributed by atoms with Gasteiger partial charge in [0.25, 0.3) is 5.91 Å². The van der Waals surface area contributed by atoms with E-state index >= 15 is 0 Å². The van der Waals surface area contributed by atoms with Crippen LogP contribution in [0.3, 0.4) is 0 Å². The Labute approximate surface area is 203 Å². The third-order valence-electron chi connectivity index (χ3n) is 6.16. The van der Waals surface area contributed by atoms with Gasteiger partial charge in [0.15, 0.2) is 10.6 Å². The van der Waals surface area contributed by atoms with Crippen LogP contribution in [0.5, 0.6) is 0 Å². The van der Waals surface area contributed by atoms with E-state index in [2.05, 4.69) is 0 Å². The number of methoxy groups -OCH3 is 1. The Morgan fingerprint density at radius 3 is 2.60 bits per heavy atom. The monoisotopic (exact) mass is 482 g/mol. The highest BCUT2D eigenvalue weighted by atomic mass is 32.1. The van der Waals surface area contributed by atoms with E-state index in [0.29, 0.717) is 27.2 Å². The molecule has 1 aliphatic heterocycles. The van der Waals surface area contributed by atoms with Crippen molar-refractivity contribution in [3.05, 3.63) is 105 Å². The molecule has 6 rings (SSSR count). The summed E-state index contributed by atoms with van der Waals surface area (Å²) >= 11 is 1.38. The van der Waals surface area contributed by atoms with Gasteiger partial charge >= 0.3 is 5.97 Å². The standard InChI is InChI=1S/C27H18N2O5S/c1-14-7-12-18-20(13-14)35-27(28-18)29-22(15-8-10-16(11-9-15)26(32)33-2)21-23(30)17-5-3-4-6-19(17)34-24(21)25(29)31/h3-13,22H,1-2H3/t22-/m0/s1. The Morgan fingerprint density at radius 1 is 1.06 bits per heavy atom. The highest BCUT2D eigenvalue weighted by molar-refractivity contribution is 7.22. The van der Waals surface area contributed by atoms with Crippen LogP contribution in [0.1, 0.15) is 43.6 Å². The molecule has 0 bridgehead atoms. The zero-order valence-corrected chi connectivity index (χ0v) is 19.6. The fourth-order valence-electron chi connectivity index (χ4n) is 4.47. The first-order valence-electron chi connectivity index (χ1n) is 10.9. The lowest BCUT2D eigenvalue weighted by Gasteiger charge is -2.22. The van der Waals surface area contributed by atoms with Crippen molar-refractivity contribution in [3.8, 4) is 0 Å². The van der Waals surface area contributed by atoms with Crippen LogP contribution in [-0.4, -0.2) is 24.0 Å². The summed E-state index contributed by atoms with van der Waals surface area (Å²) in [5.74, 6) is -0.893. The molecule has 0 saturated heterocycles. The van der Waals surface area contributed by atoms with Gasteiger partial charge in [0.05, 0.1) is 39.9 Å². The Hall–Kier alpha value is -4.30. The predicted molar refractivity (Wildman–Crippen MR) is 133 cm³/mol. The van der Waals surface area contributed by atoms with Gasteiger partial charge in [-0.15, -0.1) is 0 Å². The molecule has 35 heavy (non-hydrogen) atoms. The van der Waals surface area contributed by atoms with Crippen molar-refractivity contribution in [1.29, 1.82) is 0 Å². The van der Waals surface area contributed by atoms with Gasteiger partial charge in [-0.3, -0.25) is 14.5 Å². The Morgan fingerprint density at radius 2 is 1.83 bits per heavy atom. The van der Waals surface area contributed by atoms with Crippen LogP contribution < -0.4 is 10.3 Å². The summed E-state index contributed by atoms with van der Waals surface area (Å²) in [4.78, 5) is 45.5.